The Bertz CT molecular complexity index is 161. The van der Waals surface area contributed by atoms with E-state index >= 15 is 0 Å². The predicted molar refractivity (Wildman–Crippen MR) is 38.3 cm³/mol. The van der Waals surface area contributed by atoms with E-state index in [1.165, 1.54) is 0 Å². The fourth-order valence-electron chi connectivity index (χ4n) is 0.951. The van der Waals surface area contributed by atoms with Crippen molar-refractivity contribution in [3.8, 4) is 0 Å². The third-order valence-electron chi connectivity index (χ3n) is 1.66. The number of nitrogens with one attached hydrogen (secondary N) is 1. The molecule has 4 nitrogen and oxygen atoms in total. The summed E-state index contributed by atoms with van der Waals surface area (Å²) in [5.74, 6) is -0.433. The largest absolute Gasteiger partial charge is 0.375 e. The van der Waals surface area contributed by atoms with Crippen molar-refractivity contribution in [3.63, 3.8) is 0 Å². The molecule has 0 radical (unpaired) electrons. The van der Waals surface area contributed by atoms with Gasteiger partial charge in [-0.3, -0.25) is 9.59 Å². The van der Waals surface area contributed by atoms with Crippen molar-refractivity contribution in [1.29, 1.82) is 0 Å². The van der Waals surface area contributed by atoms with Gasteiger partial charge in [0.05, 0.1) is 18.8 Å². The fraction of sp³-hybridized carbons (Fsp3) is 0.714. The third-order valence-corrected chi connectivity index (χ3v) is 1.66. The molecule has 1 heterocycles. The maximum atomic E-state index is 10.8. The number of hydrogen-bond acceptors (Lipinski definition) is 4. The SMILES string of the molecule is CC1CNC(C(=O)C=O)CO1. The first-order chi connectivity index (χ1) is 5.24. The van der Waals surface area contributed by atoms with Crippen molar-refractivity contribution < 1.29 is 14.3 Å². The highest BCUT2D eigenvalue weighted by atomic mass is 16.5. The Kier molecular flexibility index (Phi) is 2.73. The molecular weight excluding hydrogens is 146 g/mol. The first kappa shape index (κ1) is 8.36. The van der Waals surface area contributed by atoms with Gasteiger partial charge in [-0.15, -0.1) is 0 Å². The van der Waals surface area contributed by atoms with Gasteiger partial charge in [0.1, 0.15) is 0 Å². The van der Waals surface area contributed by atoms with Crippen LogP contribution in [0, 0.1) is 0 Å². The van der Waals surface area contributed by atoms with Crippen molar-refractivity contribution >= 4 is 12.1 Å². The average molecular weight is 157 g/mol. The van der Waals surface area contributed by atoms with E-state index in [0.717, 1.165) is 0 Å². The van der Waals surface area contributed by atoms with Gasteiger partial charge in [0, 0.05) is 6.54 Å². The number of rotatable bonds is 2. The zero-order chi connectivity index (χ0) is 8.27. The lowest BCUT2D eigenvalue weighted by Crippen LogP contribution is -2.49. The number of carbonyl (C=O) groups is 2. The Balaban J connectivity index is 2.38. The maximum Gasteiger partial charge on any atom is 0.214 e. The molecule has 0 aliphatic carbocycles. The Labute approximate surface area is 64.9 Å². The van der Waals surface area contributed by atoms with Crippen molar-refractivity contribution in [3.05, 3.63) is 0 Å². The molecule has 1 saturated heterocycles. The first-order valence-corrected chi connectivity index (χ1v) is 3.58. The minimum atomic E-state index is -0.433. The van der Waals surface area contributed by atoms with Gasteiger partial charge in [-0.1, -0.05) is 0 Å². The van der Waals surface area contributed by atoms with Gasteiger partial charge in [-0.2, -0.15) is 0 Å². The van der Waals surface area contributed by atoms with Crippen molar-refractivity contribution in [2.45, 2.75) is 19.1 Å². The molecule has 62 valence electrons. The Morgan fingerprint density at radius 1 is 1.73 bits per heavy atom. The van der Waals surface area contributed by atoms with Gasteiger partial charge in [0.2, 0.25) is 5.78 Å². The molecule has 1 aliphatic rings. The Hall–Kier alpha value is -0.740. The minimum Gasteiger partial charge on any atom is -0.375 e. The normalized spacial score (nSPS) is 31.4. The van der Waals surface area contributed by atoms with Crippen LogP contribution in [0.4, 0.5) is 0 Å². The molecular formula is C7H11NO3. The van der Waals surface area contributed by atoms with E-state index in [1.807, 2.05) is 6.92 Å². The van der Waals surface area contributed by atoms with Crippen LogP contribution in [0.5, 0.6) is 0 Å². The van der Waals surface area contributed by atoms with E-state index in [-0.39, 0.29) is 6.10 Å². The number of hydrogen-bond donors (Lipinski definition) is 1. The summed E-state index contributed by atoms with van der Waals surface area (Å²) in [6.45, 7) is 2.84. The highest BCUT2D eigenvalue weighted by Crippen LogP contribution is 1.99. The van der Waals surface area contributed by atoms with E-state index in [4.69, 9.17) is 4.74 Å². The summed E-state index contributed by atoms with van der Waals surface area (Å²) in [4.78, 5) is 20.8. The van der Waals surface area contributed by atoms with Crippen LogP contribution in [0.2, 0.25) is 0 Å². The van der Waals surface area contributed by atoms with Gasteiger partial charge in [0.15, 0.2) is 6.29 Å². The van der Waals surface area contributed by atoms with Crippen LogP contribution in [0.15, 0.2) is 0 Å². The van der Waals surface area contributed by atoms with Crippen molar-refractivity contribution in [2.75, 3.05) is 13.2 Å². The fourth-order valence-corrected chi connectivity index (χ4v) is 0.951. The molecule has 2 unspecified atom stereocenters. The molecule has 1 fully saturated rings. The molecule has 0 aromatic rings. The van der Waals surface area contributed by atoms with Crippen LogP contribution in [-0.4, -0.2) is 37.4 Å². The standard InChI is InChI=1S/C7H11NO3/c1-5-2-8-6(4-11-5)7(10)3-9/h3,5-6,8H,2,4H2,1H3. The van der Waals surface area contributed by atoms with Gasteiger partial charge in [0.25, 0.3) is 0 Å². The predicted octanol–water partition coefficient (Wildman–Crippen LogP) is -0.869. The molecule has 1 aliphatic heterocycles. The minimum absolute atomic E-state index is 0.130. The molecule has 0 aromatic carbocycles. The van der Waals surface area contributed by atoms with Crippen LogP contribution < -0.4 is 5.32 Å². The topological polar surface area (TPSA) is 55.4 Å². The van der Waals surface area contributed by atoms with Gasteiger partial charge in [-0.05, 0) is 6.92 Å². The monoisotopic (exact) mass is 157 g/mol. The highest BCUT2D eigenvalue weighted by Gasteiger charge is 2.23. The number of Topliss-reactive ketones (excluding diaryl/α,β-unsaturated/α-hetero) is 1. The zero-order valence-corrected chi connectivity index (χ0v) is 6.37. The summed E-state index contributed by atoms with van der Waals surface area (Å²) in [6, 6.07) is -0.427. The van der Waals surface area contributed by atoms with Crippen molar-refractivity contribution in [1.82, 2.24) is 5.32 Å². The second kappa shape index (κ2) is 3.59. The van der Waals surface area contributed by atoms with Gasteiger partial charge in [-0.25, -0.2) is 0 Å². The lowest BCUT2D eigenvalue weighted by atomic mass is 10.2. The average Bonchev–Trinajstić information content (AvgIpc) is 2.05. The van der Waals surface area contributed by atoms with E-state index in [9.17, 15) is 9.59 Å². The summed E-state index contributed by atoms with van der Waals surface area (Å²) in [5, 5.41) is 2.91. The summed E-state index contributed by atoms with van der Waals surface area (Å²) in [6.07, 6.45) is 0.461. The molecule has 0 amide bonds. The zero-order valence-electron chi connectivity index (χ0n) is 6.37. The van der Waals surface area contributed by atoms with Crippen molar-refractivity contribution in [2.24, 2.45) is 0 Å². The summed E-state index contributed by atoms with van der Waals surface area (Å²) in [7, 11) is 0. The lowest BCUT2D eigenvalue weighted by Gasteiger charge is -2.25. The second-order valence-electron chi connectivity index (χ2n) is 2.63. The van der Waals surface area contributed by atoms with Gasteiger partial charge >= 0.3 is 0 Å². The quantitative estimate of drug-likeness (QED) is 0.418. The lowest BCUT2D eigenvalue weighted by molar-refractivity contribution is -0.134. The molecule has 0 saturated carbocycles. The number of morpholine rings is 1. The van der Waals surface area contributed by atoms with E-state index < -0.39 is 11.8 Å². The number of aldehydes is 1. The van der Waals surface area contributed by atoms with Crippen LogP contribution in [-0.2, 0) is 14.3 Å². The van der Waals surface area contributed by atoms with Gasteiger partial charge < -0.3 is 10.1 Å². The summed E-state index contributed by atoms with van der Waals surface area (Å²) < 4.78 is 5.17. The molecule has 0 bridgehead atoms. The van der Waals surface area contributed by atoms with Crippen LogP contribution in [0.25, 0.3) is 0 Å². The molecule has 2 atom stereocenters. The molecule has 0 spiro atoms. The summed E-state index contributed by atoms with van der Waals surface area (Å²) in [5.41, 5.74) is 0. The third kappa shape index (κ3) is 2.10. The molecule has 4 heteroatoms. The maximum absolute atomic E-state index is 10.8. The number of ether oxygens (including phenoxy) is 1. The first-order valence-electron chi connectivity index (χ1n) is 3.58. The molecule has 0 aromatic heterocycles. The molecule has 1 N–H and O–H groups in total. The number of carbonyl (C=O) groups excluding carboxylic acids is 2. The Morgan fingerprint density at radius 2 is 2.45 bits per heavy atom. The molecule has 1 rings (SSSR count). The Morgan fingerprint density at radius 3 is 2.91 bits per heavy atom. The molecule has 11 heavy (non-hydrogen) atoms. The van der Waals surface area contributed by atoms with E-state index in [1.54, 1.807) is 0 Å². The van der Waals surface area contributed by atoms with Crippen LogP contribution in [0.1, 0.15) is 6.92 Å². The number of ketones is 1. The van der Waals surface area contributed by atoms with Crippen LogP contribution in [0.3, 0.4) is 0 Å². The summed E-state index contributed by atoms with van der Waals surface area (Å²) >= 11 is 0. The highest BCUT2D eigenvalue weighted by molar-refractivity contribution is 6.27. The smallest absolute Gasteiger partial charge is 0.214 e. The van der Waals surface area contributed by atoms with E-state index in [0.29, 0.717) is 19.4 Å². The van der Waals surface area contributed by atoms with Crippen LogP contribution >= 0.6 is 0 Å². The van der Waals surface area contributed by atoms with E-state index in [2.05, 4.69) is 5.32 Å². The second-order valence-corrected chi connectivity index (χ2v) is 2.63.